The van der Waals surface area contributed by atoms with E-state index in [2.05, 4.69) is 63.3 Å². The van der Waals surface area contributed by atoms with Crippen LogP contribution < -0.4 is 0 Å². The summed E-state index contributed by atoms with van der Waals surface area (Å²) in [7, 11) is 1.39. The van der Waals surface area contributed by atoms with E-state index in [1.54, 1.807) is 0 Å². The van der Waals surface area contributed by atoms with Crippen molar-refractivity contribution in [1.82, 2.24) is 0 Å². The first-order valence-corrected chi connectivity index (χ1v) is 7.89. The van der Waals surface area contributed by atoms with Crippen LogP contribution in [-0.4, -0.2) is 13.1 Å². The molecule has 1 aromatic carbocycles. The summed E-state index contributed by atoms with van der Waals surface area (Å²) in [5, 5.41) is 0. The van der Waals surface area contributed by atoms with Crippen molar-refractivity contribution in [3.05, 3.63) is 34.4 Å². The van der Waals surface area contributed by atoms with Gasteiger partial charge in [0.15, 0.2) is 0 Å². The van der Waals surface area contributed by atoms with Crippen LogP contribution >= 0.6 is 0 Å². The number of esters is 1. The maximum atomic E-state index is 11.2. The second-order valence-corrected chi connectivity index (χ2v) is 7.54. The van der Waals surface area contributed by atoms with E-state index < -0.39 is 0 Å². The highest BCUT2D eigenvalue weighted by Gasteiger charge is 2.37. The summed E-state index contributed by atoms with van der Waals surface area (Å²) < 4.78 is 4.63. The van der Waals surface area contributed by atoms with E-state index in [9.17, 15) is 4.79 Å². The van der Waals surface area contributed by atoms with Gasteiger partial charge in [0.25, 0.3) is 0 Å². The molecule has 0 saturated heterocycles. The fraction of sp³-hybridized carbons (Fsp3) is 0.550. The lowest BCUT2D eigenvalue weighted by atomic mass is 9.62. The molecule has 0 aliphatic heterocycles. The fourth-order valence-corrected chi connectivity index (χ4v) is 3.14. The van der Waals surface area contributed by atoms with Gasteiger partial charge in [0.05, 0.1) is 7.11 Å². The van der Waals surface area contributed by atoms with Gasteiger partial charge in [-0.3, -0.25) is 4.79 Å². The molecule has 22 heavy (non-hydrogen) atoms. The molecule has 0 radical (unpaired) electrons. The third kappa shape index (κ3) is 3.19. The number of aryl methyl sites for hydroxylation is 1. The maximum Gasteiger partial charge on any atom is 0.317 e. The second-order valence-electron chi connectivity index (χ2n) is 7.54. The van der Waals surface area contributed by atoms with Crippen LogP contribution in [0.3, 0.4) is 0 Å². The molecule has 0 aromatic heterocycles. The third-order valence-electron chi connectivity index (χ3n) is 4.88. The Bertz CT molecular complexity index is 654. The van der Waals surface area contributed by atoms with Crippen molar-refractivity contribution < 1.29 is 9.53 Å². The van der Waals surface area contributed by atoms with Gasteiger partial charge in [0, 0.05) is 5.56 Å². The van der Waals surface area contributed by atoms with Crippen molar-refractivity contribution in [1.29, 1.82) is 0 Å². The minimum Gasteiger partial charge on any atom is -0.468 e. The third-order valence-corrected chi connectivity index (χ3v) is 4.88. The van der Waals surface area contributed by atoms with Gasteiger partial charge in [0.1, 0.15) is 6.42 Å². The Labute approximate surface area is 134 Å². The Morgan fingerprint density at radius 2 is 1.68 bits per heavy atom. The summed E-state index contributed by atoms with van der Waals surface area (Å²) >= 11 is 0. The summed E-state index contributed by atoms with van der Waals surface area (Å²) in [6.45, 7) is 11.4. The first kappa shape index (κ1) is 16.6. The van der Waals surface area contributed by atoms with E-state index in [4.69, 9.17) is 0 Å². The zero-order valence-electron chi connectivity index (χ0n) is 14.6. The van der Waals surface area contributed by atoms with Crippen LogP contribution in [-0.2, 0) is 20.4 Å². The predicted octanol–water partition coefficient (Wildman–Crippen LogP) is 4.26. The molecular formula is C20H26O2. The minimum atomic E-state index is -0.287. The molecule has 1 aliphatic carbocycles. The quantitative estimate of drug-likeness (QED) is 0.572. The lowest BCUT2D eigenvalue weighted by Gasteiger charge is -2.42. The van der Waals surface area contributed by atoms with Crippen molar-refractivity contribution in [2.75, 3.05) is 7.11 Å². The normalized spacial score (nSPS) is 17.9. The minimum absolute atomic E-state index is 0.141. The van der Waals surface area contributed by atoms with Crippen molar-refractivity contribution >= 4 is 5.97 Å². The highest BCUT2D eigenvalue weighted by Crippen LogP contribution is 2.46. The van der Waals surface area contributed by atoms with Crippen LogP contribution in [0, 0.1) is 18.8 Å². The molecule has 0 unspecified atom stereocenters. The van der Waals surface area contributed by atoms with E-state index in [1.807, 2.05) is 0 Å². The number of rotatable bonds is 1. The van der Waals surface area contributed by atoms with Crippen LogP contribution in [0.5, 0.6) is 0 Å². The molecule has 118 valence electrons. The average Bonchev–Trinajstić information content (AvgIpc) is 2.45. The van der Waals surface area contributed by atoms with Gasteiger partial charge in [-0.05, 0) is 53.4 Å². The van der Waals surface area contributed by atoms with Gasteiger partial charge in [-0.1, -0.05) is 45.6 Å². The van der Waals surface area contributed by atoms with E-state index in [1.165, 1.54) is 36.6 Å². The van der Waals surface area contributed by atoms with Gasteiger partial charge < -0.3 is 4.74 Å². The number of ether oxygens (including phenoxy) is 1. The van der Waals surface area contributed by atoms with Gasteiger partial charge >= 0.3 is 5.97 Å². The smallest absolute Gasteiger partial charge is 0.317 e. The predicted molar refractivity (Wildman–Crippen MR) is 90.0 cm³/mol. The number of hydrogen-bond acceptors (Lipinski definition) is 2. The topological polar surface area (TPSA) is 26.3 Å². The summed E-state index contributed by atoms with van der Waals surface area (Å²) in [4.78, 5) is 11.2. The van der Waals surface area contributed by atoms with Crippen molar-refractivity contribution in [3.8, 4) is 11.8 Å². The highest BCUT2D eigenvalue weighted by atomic mass is 16.5. The standard InChI is InChI=1S/C20H26O2/c1-14-12-16-17(20(4,5)11-10-19(16,2)3)13-15(14)8-7-9-18(21)22-6/h12-13H,9-11H2,1-6H3. The van der Waals surface area contributed by atoms with Crippen LogP contribution in [0.15, 0.2) is 12.1 Å². The average molecular weight is 298 g/mol. The van der Waals surface area contributed by atoms with Crippen LogP contribution in [0.2, 0.25) is 0 Å². The Morgan fingerprint density at radius 3 is 2.23 bits per heavy atom. The Balaban J connectivity index is 2.46. The zero-order chi connectivity index (χ0) is 16.5. The lowest BCUT2D eigenvalue weighted by Crippen LogP contribution is -2.34. The van der Waals surface area contributed by atoms with E-state index in [0.717, 1.165) is 5.56 Å². The van der Waals surface area contributed by atoms with Crippen molar-refractivity contribution in [3.63, 3.8) is 0 Å². The first-order valence-electron chi connectivity index (χ1n) is 7.89. The van der Waals surface area contributed by atoms with Crippen molar-refractivity contribution in [2.45, 2.75) is 64.7 Å². The van der Waals surface area contributed by atoms with Gasteiger partial charge in [-0.25, -0.2) is 0 Å². The number of hydrogen-bond donors (Lipinski definition) is 0. The Hall–Kier alpha value is -1.75. The summed E-state index contributed by atoms with van der Waals surface area (Å²) in [6.07, 6.45) is 2.53. The second kappa shape index (κ2) is 5.80. The molecule has 0 bridgehead atoms. The number of carbonyl (C=O) groups excluding carboxylic acids is 1. The molecule has 0 atom stereocenters. The molecule has 2 heteroatoms. The molecule has 0 fully saturated rings. The molecule has 0 spiro atoms. The van der Waals surface area contributed by atoms with Gasteiger partial charge in [-0.2, -0.15) is 0 Å². The fourth-order valence-electron chi connectivity index (χ4n) is 3.14. The summed E-state index contributed by atoms with van der Waals surface area (Å²) in [6, 6.07) is 4.52. The summed E-state index contributed by atoms with van der Waals surface area (Å²) in [5.74, 6) is 5.78. The van der Waals surface area contributed by atoms with Crippen LogP contribution in [0.25, 0.3) is 0 Å². The van der Waals surface area contributed by atoms with Gasteiger partial charge in [-0.15, -0.1) is 0 Å². The number of benzene rings is 1. The zero-order valence-corrected chi connectivity index (χ0v) is 14.6. The number of carbonyl (C=O) groups is 1. The number of fused-ring (bicyclic) bond motifs is 1. The Morgan fingerprint density at radius 1 is 1.14 bits per heavy atom. The molecular weight excluding hydrogens is 272 g/mol. The molecule has 2 nitrogen and oxygen atoms in total. The lowest BCUT2D eigenvalue weighted by molar-refractivity contribution is -0.139. The molecule has 0 amide bonds. The molecule has 0 N–H and O–H groups in total. The van der Waals surface area contributed by atoms with E-state index in [-0.39, 0.29) is 23.2 Å². The molecule has 1 aliphatic rings. The SMILES string of the molecule is COC(=O)CC#Cc1cc2c(cc1C)C(C)(C)CCC2(C)C. The molecule has 2 rings (SSSR count). The van der Waals surface area contributed by atoms with E-state index in [0.29, 0.717) is 0 Å². The largest absolute Gasteiger partial charge is 0.468 e. The number of methoxy groups -OCH3 is 1. The van der Waals surface area contributed by atoms with Crippen LogP contribution in [0.1, 0.15) is 69.2 Å². The van der Waals surface area contributed by atoms with Crippen LogP contribution in [0.4, 0.5) is 0 Å². The van der Waals surface area contributed by atoms with Gasteiger partial charge in [0.2, 0.25) is 0 Å². The molecule has 0 heterocycles. The van der Waals surface area contributed by atoms with E-state index >= 15 is 0 Å². The molecule has 0 saturated carbocycles. The first-order chi connectivity index (χ1) is 10.2. The summed E-state index contributed by atoms with van der Waals surface area (Å²) in [5.41, 5.74) is 5.44. The molecule has 1 aromatic rings. The highest BCUT2D eigenvalue weighted by molar-refractivity contribution is 5.72. The maximum absolute atomic E-state index is 11.2. The Kier molecular flexibility index (Phi) is 4.38. The monoisotopic (exact) mass is 298 g/mol. The van der Waals surface area contributed by atoms with Crippen molar-refractivity contribution in [2.24, 2.45) is 0 Å².